The summed E-state index contributed by atoms with van der Waals surface area (Å²) in [5, 5.41) is 13.5. The minimum absolute atomic E-state index is 0.0657. The highest BCUT2D eigenvalue weighted by Gasteiger charge is 2.06. The maximum absolute atomic E-state index is 11.3. The molecule has 1 amide bonds. The summed E-state index contributed by atoms with van der Waals surface area (Å²) < 4.78 is 5.43. The van der Waals surface area contributed by atoms with E-state index in [0.29, 0.717) is 31.1 Å². The molecule has 0 heterocycles. The quantitative estimate of drug-likeness (QED) is 0.674. The fourth-order valence-electron chi connectivity index (χ4n) is 1.64. The van der Waals surface area contributed by atoms with E-state index in [1.807, 2.05) is 12.1 Å². The first-order valence-electron chi connectivity index (χ1n) is 6.90. The zero-order valence-electron chi connectivity index (χ0n) is 12.5. The van der Waals surface area contributed by atoms with Crippen molar-refractivity contribution >= 4 is 17.5 Å². The number of carbonyl (C=O) groups is 1. The van der Waals surface area contributed by atoms with Gasteiger partial charge in [-0.15, -0.1) is 0 Å². The van der Waals surface area contributed by atoms with Crippen LogP contribution in [0.3, 0.4) is 0 Å². The third-order valence-electron chi connectivity index (χ3n) is 2.89. The number of nitrogens with zero attached hydrogens (tertiary/aromatic N) is 1. The van der Waals surface area contributed by atoms with Crippen LogP contribution in [-0.4, -0.2) is 55.8 Å². The van der Waals surface area contributed by atoms with E-state index in [0.717, 1.165) is 5.56 Å². The summed E-state index contributed by atoms with van der Waals surface area (Å²) >= 11 is 5.79. The average molecular weight is 315 g/mol. The first-order chi connectivity index (χ1) is 9.99. The summed E-state index contributed by atoms with van der Waals surface area (Å²) in [4.78, 5) is 12.9. The number of rotatable bonds is 9. The fourth-order valence-corrected chi connectivity index (χ4v) is 1.77. The number of ether oxygens (including phenoxy) is 1. The molecule has 118 valence electrons. The Hall–Kier alpha value is -1.14. The van der Waals surface area contributed by atoms with E-state index in [2.05, 4.69) is 5.32 Å². The molecule has 0 radical (unpaired) electrons. The van der Waals surface area contributed by atoms with Gasteiger partial charge in [-0.2, -0.15) is 0 Å². The zero-order valence-corrected chi connectivity index (χ0v) is 13.3. The molecule has 0 aliphatic carbocycles. The number of hydrogen-bond donors (Lipinski definition) is 2. The van der Waals surface area contributed by atoms with E-state index in [9.17, 15) is 9.90 Å². The molecule has 1 rings (SSSR count). The lowest BCUT2D eigenvalue weighted by molar-refractivity contribution is -0.128. The molecule has 1 aromatic carbocycles. The summed E-state index contributed by atoms with van der Waals surface area (Å²) in [6.07, 6.45) is -0.169. The second kappa shape index (κ2) is 9.73. The van der Waals surface area contributed by atoms with Crippen molar-refractivity contribution in [2.75, 3.05) is 33.8 Å². The fraction of sp³-hybridized carbons (Fsp3) is 0.533. The predicted molar refractivity (Wildman–Crippen MR) is 83.3 cm³/mol. The molecule has 1 unspecified atom stereocenters. The summed E-state index contributed by atoms with van der Waals surface area (Å²) in [6, 6.07) is 7.39. The van der Waals surface area contributed by atoms with Crippen molar-refractivity contribution < 1.29 is 14.6 Å². The van der Waals surface area contributed by atoms with Gasteiger partial charge in [0.05, 0.1) is 19.3 Å². The summed E-state index contributed by atoms with van der Waals surface area (Å²) in [6.45, 7) is 1.64. The number of benzene rings is 1. The van der Waals surface area contributed by atoms with Crippen molar-refractivity contribution in [3.63, 3.8) is 0 Å². The van der Waals surface area contributed by atoms with Gasteiger partial charge in [-0.1, -0.05) is 23.7 Å². The minimum atomic E-state index is -0.591. The maximum Gasteiger partial charge on any atom is 0.223 e. The average Bonchev–Trinajstić information content (AvgIpc) is 2.45. The Labute approximate surface area is 130 Å². The molecule has 0 aliphatic rings. The molecule has 2 N–H and O–H groups in total. The van der Waals surface area contributed by atoms with Gasteiger partial charge in [0.25, 0.3) is 0 Å². The topological polar surface area (TPSA) is 61.8 Å². The van der Waals surface area contributed by atoms with Crippen LogP contribution in [0.1, 0.15) is 12.0 Å². The molecule has 5 nitrogen and oxygen atoms in total. The predicted octanol–water partition coefficient (Wildman–Crippen LogP) is 1.29. The molecule has 0 aliphatic heterocycles. The first-order valence-corrected chi connectivity index (χ1v) is 7.28. The van der Waals surface area contributed by atoms with Crippen LogP contribution >= 0.6 is 11.6 Å². The standard InChI is InChI=1S/C15H23ClN2O3/c1-18(2)15(20)7-8-17-9-14(19)11-21-10-12-3-5-13(16)6-4-12/h3-6,14,17,19H,7-11H2,1-2H3. The number of aliphatic hydroxyl groups excluding tert-OH is 1. The van der Waals surface area contributed by atoms with E-state index in [1.54, 1.807) is 31.1 Å². The lowest BCUT2D eigenvalue weighted by atomic mass is 10.2. The van der Waals surface area contributed by atoms with E-state index in [1.165, 1.54) is 0 Å². The number of amides is 1. The normalized spacial score (nSPS) is 12.2. The zero-order chi connectivity index (χ0) is 15.7. The van der Waals surface area contributed by atoms with Crippen molar-refractivity contribution in [3.8, 4) is 0 Å². The molecule has 6 heteroatoms. The number of carbonyl (C=O) groups excluding carboxylic acids is 1. The monoisotopic (exact) mass is 314 g/mol. The van der Waals surface area contributed by atoms with Gasteiger partial charge in [-0.25, -0.2) is 0 Å². The van der Waals surface area contributed by atoms with Crippen LogP contribution in [0.2, 0.25) is 5.02 Å². The number of nitrogens with one attached hydrogen (secondary N) is 1. The Kier molecular flexibility index (Phi) is 8.30. The Morgan fingerprint density at radius 2 is 2.05 bits per heavy atom. The highest BCUT2D eigenvalue weighted by atomic mass is 35.5. The van der Waals surface area contributed by atoms with E-state index in [4.69, 9.17) is 16.3 Å². The summed E-state index contributed by atoms with van der Waals surface area (Å²) in [5.74, 6) is 0.0657. The van der Waals surface area contributed by atoms with Gasteiger partial charge >= 0.3 is 0 Å². The molecule has 1 aromatic rings. The Bertz CT molecular complexity index is 423. The summed E-state index contributed by atoms with van der Waals surface area (Å²) in [5.41, 5.74) is 1.01. The van der Waals surface area contributed by atoms with Gasteiger partial charge in [0.2, 0.25) is 5.91 Å². The molecule has 0 saturated heterocycles. The molecular weight excluding hydrogens is 292 g/mol. The Morgan fingerprint density at radius 3 is 2.67 bits per heavy atom. The van der Waals surface area contributed by atoms with Crippen molar-refractivity contribution in [1.82, 2.24) is 10.2 Å². The van der Waals surface area contributed by atoms with Crippen LogP contribution < -0.4 is 5.32 Å². The molecule has 0 aromatic heterocycles. The SMILES string of the molecule is CN(C)C(=O)CCNCC(O)COCc1ccc(Cl)cc1. The second-order valence-corrected chi connectivity index (χ2v) is 5.47. The van der Waals surface area contributed by atoms with Gasteiger partial charge < -0.3 is 20.1 Å². The molecular formula is C15H23ClN2O3. The van der Waals surface area contributed by atoms with Crippen LogP contribution in [0.5, 0.6) is 0 Å². The van der Waals surface area contributed by atoms with Gasteiger partial charge in [0.15, 0.2) is 0 Å². The lowest BCUT2D eigenvalue weighted by Crippen LogP contribution is -2.33. The third-order valence-corrected chi connectivity index (χ3v) is 3.14. The smallest absolute Gasteiger partial charge is 0.223 e. The van der Waals surface area contributed by atoms with Crippen molar-refractivity contribution in [2.24, 2.45) is 0 Å². The maximum atomic E-state index is 11.3. The first kappa shape index (κ1) is 17.9. The van der Waals surface area contributed by atoms with Crippen molar-refractivity contribution in [1.29, 1.82) is 0 Å². The molecule has 21 heavy (non-hydrogen) atoms. The van der Waals surface area contributed by atoms with Crippen molar-refractivity contribution in [3.05, 3.63) is 34.9 Å². The minimum Gasteiger partial charge on any atom is -0.389 e. The molecule has 1 atom stereocenters. The second-order valence-electron chi connectivity index (χ2n) is 5.04. The van der Waals surface area contributed by atoms with Gasteiger partial charge in [-0.3, -0.25) is 4.79 Å². The number of halogens is 1. The van der Waals surface area contributed by atoms with Crippen LogP contribution in [0.25, 0.3) is 0 Å². The van der Waals surface area contributed by atoms with Crippen molar-refractivity contribution in [2.45, 2.75) is 19.1 Å². The molecule has 0 fully saturated rings. The van der Waals surface area contributed by atoms with E-state index < -0.39 is 6.10 Å². The molecule has 0 saturated carbocycles. The van der Waals surface area contributed by atoms with Crippen LogP contribution in [0, 0.1) is 0 Å². The van der Waals surface area contributed by atoms with Crippen LogP contribution in [0.4, 0.5) is 0 Å². The molecule has 0 bridgehead atoms. The molecule has 0 spiro atoms. The Morgan fingerprint density at radius 1 is 1.38 bits per heavy atom. The van der Waals surface area contributed by atoms with Crippen LogP contribution in [0.15, 0.2) is 24.3 Å². The summed E-state index contributed by atoms with van der Waals surface area (Å²) in [7, 11) is 3.45. The van der Waals surface area contributed by atoms with Crippen LogP contribution in [-0.2, 0) is 16.1 Å². The van der Waals surface area contributed by atoms with E-state index >= 15 is 0 Å². The Balaban J connectivity index is 2.07. The van der Waals surface area contributed by atoms with E-state index in [-0.39, 0.29) is 12.5 Å². The lowest BCUT2D eigenvalue weighted by Gasteiger charge is -2.13. The van der Waals surface area contributed by atoms with Gasteiger partial charge in [-0.05, 0) is 17.7 Å². The number of aliphatic hydroxyl groups is 1. The number of hydrogen-bond acceptors (Lipinski definition) is 4. The van der Waals surface area contributed by atoms with Gasteiger partial charge in [0.1, 0.15) is 0 Å². The highest BCUT2D eigenvalue weighted by Crippen LogP contribution is 2.10. The largest absolute Gasteiger partial charge is 0.389 e. The third kappa shape index (κ3) is 8.02. The highest BCUT2D eigenvalue weighted by molar-refractivity contribution is 6.30. The van der Waals surface area contributed by atoms with Gasteiger partial charge in [0, 0.05) is 38.6 Å².